The molecule has 0 unspecified atom stereocenters. The highest BCUT2D eigenvalue weighted by Crippen LogP contribution is 2.32. The topological polar surface area (TPSA) is 67.4 Å². The second-order valence-electron chi connectivity index (χ2n) is 6.29. The molecule has 1 aliphatic heterocycles. The Balaban J connectivity index is 1.51. The first kappa shape index (κ1) is 15.2. The highest BCUT2D eigenvalue weighted by molar-refractivity contribution is 5.92. The standard InChI is InChI=1S/C16H24N4O2/c1-20(9-6-12-2-3-12)15-5-4-14(18-19-15)16(21)17-13-7-10-22-11-8-13/h4-5,12-13H,2-3,6-11H2,1H3,(H,17,21). The fourth-order valence-electron chi connectivity index (χ4n) is 2.65. The quantitative estimate of drug-likeness (QED) is 0.865. The summed E-state index contributed by atoms with van der Waals surface area (Å²) in [6.45, 7) is 2.41. The minimum absolute atomic E-state index is 0.147. The third kappa shape index (κ3) is 4.16. The molecule has 2 aliphatic rings. The summed E-state index contributed by atoms with van der Waals surface area (Å²) in [5.41, 5.74) is 0.380. The molecule has 0 spiro atoms. The minimum atomic E-state index is -0.147. The van der Waals surface area contributed by atoms with Crippen molar-refractivity contribution in [3.05, 3.63) is 17.8 Å². The second kappa shape index (κ2) is 7.05. The van der Waals surface area contributed by atoms with Crippen molar-refractivity contribution in [3.8, 4) is 0 Å². The number of carbonyl (C=O) groups excluding carboxylic acids is 1. The Kier molecular flexibility index (Phi) is 4.87. The Morgan fingerprint density at radius 1 is 1.27 bits per heavy atom. The molecule has 1 saturated heterocycles. The van der Waals surface area contributed by atoms with Crippen LogP contribution in [-0.4, -0.2) is 49.0 Å². The van der Waals surface area contributed by atoms with Crippen molar-refractivity contribution in [2.75, 3.05) is 31.7 Å². The Bertz CT molecular complexity index is 495. The van der Waals surface area contributed by atoms with Crippen molar-refractivity contribution in [2.24, 2.45) is 5.92 Å². The molecule has 1 aromatic heterocycles. The number of ether oxygens (including phenoxy) is 1. The van der Waals surface area contributed by atoms with Crippen LogP contribution in [0.5, 0.6) is 0 Å². The van der Waals surface area contributed by atoms with E-state index in [1.807, 2.05) is 13.1 Å². The lowest BCUT2D eigenvalue weighted by atomic mass is 10.1. The van der Waals surface area contributed by atoms with E-state index in [4.69, 9.17) is 4.74 Å². The zero-order valence-electron chi connectivity index (χ0n) is 13.1. The van der Waals surface area contributed by atoms with Crippen molar-refractivity contribution in [1.82, 2.24) is 15.5 Å². The van der Waals surface area contributed by atoms with Crippen molar-refractivity contribution in [1.29, 1.82) is 0 Å². The molecule has 0 aromatic carbocycles. The van der Waals surface area contributed by atoms with Gasteiger partial charge in [-0.25, -0.2) is 0 Å². The number of carbonyl (C=O) groups is 1. The van der Waals surface area contributed by atoms with Gasteiger partial charge in [-0.3, -0.25) is 4.79 Å². The number of rotatable bonds is 6. The Hall–Kier alpha value is -1.69. The van der Waals surface area contributed by atoms with E-state index in [1.165, 1.54) is 19.3 Å². The molecule has 120 valence electrons. The normalized spacial score (nSPS) is 19.0. The number of hydrogen-bond acceptors (Lipinski definition) is 5. The summed E-state index contributed by atoms with van der Waals surface area (Å²) < 4.78 is 5.29. The number of hydrogen-bond donors (Lipinski definition) is 1. The van der Waals surface area contributed by atoms with Gasteiger partial charge in [0.05, 0.1) is 0 Å². The molecule has 1 saturated carbocycles. The van der Waals surface area contributed by atoms with Gasteiger partial charge in [0.1, 0.15) is 0 Å². The third-order valence-corrected chi connectivity index (χ3v) is 4.40. The molecule has 1 aromatic rings. The summed E-state index contributed by atoms with van der Waals surface area (Å²) in [6.07, 6.45) is 5.67. The lowest BCUT2D eigenvalue weighted by Gasteiger charge is -2.23. The Morgan fingerprint density at radius 3 is 2.68 bits per heavy atom. The molecule has 6 heteroatoms. The molecule has 1 amide bonds. The van der Waals surface area contributed by atoms with E-state index in [2.05, 4.69) is 20.4 Å². The van der Waals surface area contributed by atoms with E-state index in [9.17, 15) is 4.79 Å². The molecule has 0 atom stereocenters. The van der Waals surface area contributed by atoms with Gasteiger partial charge in [-0.05, 0) is 37.3 Å². The van der Waals surface area contributed by atoms with Crippen molar-refractivity contribution >= 4 is 11.7 Å². The van der Waals surface area contributed by atoms with Gasteiger partial charge in [0.25, 0.3) is 5.91 Å². The molecule has 6 nitrogen and oxygen atoms in total. The van der Waals surface area contributed by atoms with Crippen LogP contribution in [-0.2, 0) is 4.74 Å². The Labute approximate surface area is 131 Å². The fraction of sp³-hybridized carbons (Fsp3) is 0.688. The predicted molar refractivity (Wildman–Crippen MR) is 84.0 cm³/mol. The molecule has 0 radical (unpaired) electrons. The van der Waals surface area contributed by atoms with Crippen molar-refractivity contribution in [3.63, 3.8) is 0 Å². The van der Waals surface area contributed by atoms with Gasteiger partial charge in [0, 0.05) is 32.8 Å². The highest BCUT2D eigenvalue weighted by atomic mass is 16.5. The second-order valence-corrected chi connectivity index (χ2v) is 6.29. The first-order valence-electron chi connectivity index (χ1n) is 8.16. The first-order chi connectivity index (χ1) is 10.7. The lowest BCUT2D eigenvalue weighted by Crippen LogP contribution is -2.39. The highest BCUT2D eigenvalue weighted by Gasteiger charge is 2.22. The third-order valence-electron chi connectivity index (χ3n) is 4.40. The van der Waals surface area contributed by atoms with Crippen LogP contribution in [0.1, 0.15) is 42.6 Å². The molecule has 0 bridgehead atoms. The van der Waals surface area contributed by atoms with Gasteiger partial charge in [0.15, 0.2) is 11.5 Å². The van der Waals surface area contributed by atoms with E-state index in [1.54, 1.807) is 6.07 Å². The average molecular weight is 304 g/mol. The maximum atomic E-state index is 12.1. The van der Waals surface area contributed by atoms with Crippen molar-refractivity contribution < 1.29 is 9.53 Å². The maximum absolute atomic E-state index is 12.1. The molecule has 22 heavy (non-hydrogen) atoms. The molecular formula is C16H24N4O2. The Morgan fingerprint density at radius 2 is 2.05 bits per heavy atom. The van der Waals surface area contributed by atoms with Crippen molar-refractivity contribution in [2.45, 2.75) is 38.1 Å². The van der Waals surface area contributed by atoms with Crippen LogP contribution >= 0.6 is 0 Å². The monoisotopic (exact) mass is 304 g/mol. The zero-order chi connectivity index (χ0) is 15.4. The van der Waals surface area contributed by atoms with E-state index in [-0.39, 0.29) is 11.9 Å². The fourth-order valence-corrected chi connectivity index (χ4v) is 2.65. The SMILES string of the molecule is CN(CCC1CC1)c1ccc(C(=O)NC2CCOCC2)nn1. The smallest absolute Gasteiger partial charge is 0.272 e. The van der Waals surface area contributed by atoms with Crippen LogP contribution in [0.15, 0.2) is 12.1 Å². The molecule has 1 aliphatic carbocycles. The number of aromatic nitrogens is 2. The summed E-state index contributed by atoms with van der Waals surface area (Å²) in [7, 11) is 2.02. The first-order valence-corrected chi connectivity index (χ1v) is 8.16. The predicted octanol–water partition coefficient (Wildman–Crippen LogP) is 1.62. The van der Waals surface area contributed by atoms with E-state index in [0.717, 1.165) is 31.1 Å². The van der Waals surface area contributed by atoms with Crippen LogP contribution in [0.25, 0.3) is 0 Å². The molecule has 2 fully saturated rings. The van der Waals surface area contributed by atoms with E-state index >= 15 is 0 Å². The van der Waals surface area contributed by atoms with Gasteiger partial charge < -0.3 is 15.0 Å². The van der Waals surface area contributed by atoms with Crippen LogP contribution < -0.4 is 10.2 Å². The minimum Gasteiger partial charge on any atom is -0.381 e. The molecular weight excluding hydrogens is 280 g/mol. The number of anilines is 1. The van der Waals surface area contributed by atoms with Gasteiger partial charge in [-0.15, -0.1) is 10.2 Å². The molecule has 2 heterocycles. The average Bonchev–Trinajstić information content (AvgIpc) is 3.38. The largest absolute Gasteiger partial charge is 0.381 e. The van der Waals surface area contributed by atoms with E-state index < -0.39 is 0 Å². The van der Waals surface area contributed by atoms with Crippen LogP contribution in [0.4, 0.5) is 5.82 Å². The summed E-state index contributed by atoms with van der Waals surface area (Å²) in [6, 6.07) is 3.81. The number of nitrogens with zero attached hydrogens (tertiary/aromatic N) is 3. The lowest BCUT2D eigenvalue weighted by molar-refractivity contribution is 0.0693. The van der Waals surface area contributed by atoms with Crippen LogP contribution in [0.2, 0.25) is 0 Å². The van der Waals surface area contributed by atoms with Gasteiger partial charge in [-0.2, -0.15) is 0 Å². The summed E-state index contributed by atoms with van der Waals surface area (Å²) in [5, 5.41) is 11.3. The number of amides is 1. The van der Waals surface area contributed by atoms with Crippen LogP contribution in [0, 0.1) is 5.92 Å². The van der Waals surface area contributed by atoms with Gasteiger partial charge in [0.2, 0.25) is 0 Å². The molecule has 3 rings (SSSR count). The molecule has 1 N–H and O–H groups in total. The summed E-state index contributed by atoms with van der Waals surface area (Å²) in [4.78, 5) is 14.3. The summed E-state index contributed by atoms with van der Waals surface area (Å²) >= 11 is 0. The summed E-state index contributed by atoms with van der Waals surface area (Å²) in [5.74, 6) is 1.58. The van der Waals surface area contributed by atoms with E-state index in [0.29, 0.717) is 18.9 Å². The maximum Gasteiger partial charge on any atom is 0.272 e. The van der Waals surface area contributed by atoms with Crippen LogP contribution in [0.3, 0.4) is 0 Å². The van der Waals surface area contributed by atoms with Gasteiger partial charge in [-0.1, -0.05) is 12.8 Å². The van der Waals surface area contributed by atoms with Gasteiger partial charge >= 0.3 is 0 Å². The zero-order valence-corrected chi connectivity index (χ0v) is 13.1. The number of nitrogens with one attached hydrogen (secondary N) is 1.